The summed E-state index contributed by atoms with van der Waals surface area (Å²) < 4.78 is 4.99. The van der Waals surface area contributed by atoms with Crippen molar-refractivity contribution in [1.29, 1.82) is 0 Å². The number of nitrogens with zero attached hydrogens (tertiary/aromatic N) is 1. The van der Waals surface area contributed by atoms with Gasteiger partial charge in [-0.05, 0) is 18.2 Å². The minimum absolute atomic E-state index is 0.347. The Balaban J connectivity index is 3.20. The van der Waals surface area contributed by atoms with Gasteiger partial charge in [-0.3, -0.25) is 0 Å². The number of rotatable bonds is 4. The molecule has 0 unspecified atom stereocenters. The molecule has 0 N–H and O–H groups in total. The van der Waals surface area contributed by atoms with Gasteiger partial charge in [0.25, 0.3) is 0 Å². The summed E-state index contributed by atoms with van der Waals surface area (Å²) in [5.74, 6) is -0.347. The van der Waals surface area contributed by atoms with E-state index in [1.807, 2.05) is 17.8 Å². The first-order valence-electron chi connectivity index (χ1n) is 5.29. The van der Waals surface area contributed by atoms with Crippen LogP contribution in [0.5, 0.6) is 0 Å². The van der Waals surface area contributed by atoms with Crippen molar-refractivity contribution in [3.8, 4) is 0 Å². The molecule has 16 heavy (non-hydrogen) atoms. The van der Waals surface area contributed by atoms with Crippen molar-refractivity contribution < 1.29 is 9.53 Å². The Morgan fingerprint density at radius 2 is 2.31 bits per heavy atom. The Morgan fingerprint density at radius 1 is 1.62 bits per heavy atom. The van der Waals surface area contributed by atoms with Crippen LogP contribution in [0.3, 0.4) is 0 Å². The molecule has 1 heterocycles. The van der Waals surface area contributed by atoms with Crippen molar-refractivity contribution in [2.24, 2.45) is 0 Å². The third-order valence-corrected chi connectivity index (χ3v) is 5.29. The summed E-state index contributed by atoms with van der Waals surface area (Å²) in [6.45, 7) is 10.2. The van der Waals surface area contributed by atoms with Crippen LogP contribution in [0.2, 0.25) is 13.1 Å². The van der Waals surface area contributed by atoms with E-state index in [4.69, 9.17) is 4.74 Å². The summed E-state index contributed by atoms with van der Waals surface area (Å²) in [5, 5.41) is 0.975. The highest BCUT2D eigenvalue weighted by atomic mass is 28.3. The zero-order valence-corrected chi connectivity index (χ0v) is 11.0. The number of carbonyl (C=O) groups is 1. The molecule has 0 aromatic carbocycles. The predicted molar refractivity (Wildman–Crippen MR) is 67.5 cm³/mol. The Labute approximate surface area is 97.2 Å². The molecule has 0 aliphatic rings. The van der Waals surface area contributed by atoms with Crippen molar-refractivity contribution in [2.45, 2.75) is 20.0 Å². The van der Waals surface area contributed by atoms with Crippen LogP contribution in [0.4, 0.5) is 0 Å². The number of aromatic nitrogens is 1. The number of hydrogen-bond acceptors (Lipinski definition) is 3. The molecule has 1 rings (SSSR count). The normalized spacial score (nSPS) is 10.9. The number of pyridine rings is 1. The van der Waals surface area contributed by atoms with Gasteiger partial charge in [0.15, 0.2) is 0 Å². The van der Waals surface area contributed by atoms with E-state index in [1.54, 1.807) is 13.1 Å². The summed E-state index contributed by atoms with van der Waals surface area (Å²) in [4.78, 5) is 15.9. The number of esters is 1. The largest absolute Gasteiger partial charge is 0.461 e. The van der Waals surface area contributed by atoms with E-state index in [-0.39, 0.29) is 5.97 Å². The third kappa shape index (κ3) is 2.58. The van der Waals surface area contributed by atoms with Gasteiger partial charge in [-0.2, -0.15) is 0 Å². The van der Waals surface area contributed by atoms with Crippen LogP contribution >= 0.6 is 0 Å². The second-order valence-corrected chi connectivity index (χ2v) is 8.44. The van der Waals surface area contributed by atoms with Gasteiger partial charge < -0.3 is 4.74 Å². The molecule has 0 aliphatic carbocycles. The van der Waals surface area contributed by atoms with Crippen LogP contribution in [0, 0.1) is 0 Å². The van der Waals surface area contributed by atoms with Crippen LogP contribution in [0.25, 0.3) is 0 Å². The van der Waals surface area contributed by atoms with Crippen molar-refractivity contribution in [3.63, 3.8) is 0 Å². The topological polar surface area (TPSA) is 39.2 Å². The van der Waals surface area contributed by atoms with E-state index in [1.165, 1.54) is 0 Å². The quantitative estimate of drug-likeness (QED) is 0.591. The second kappa shape index (κ2) is 5.07. The van der Waals surface area contributed by atoms with E-state index in [9.17, 15) is 4.79 Å². The van der Waals surface area contributed by atoms with Crippen molar-refractivity contribution in [2.75, 3.05) is 6.61 Å². The van der Waals surface area contributed by atoms with E-state index < -0.39 is 8.07 Å². The molecule has 0 radical (unpaired) electrons. The van der Waals surface area contributed by atoms with Crippen LogP contribution < -0.4 is 5.19 Å². The summed E-state index contributed by atoms with van der Waals surface area (Å²) in [6, 6.07) is 3.78. The summed E-state index contributed by atoms with van der Waals surface area (Å²) in [5.41, 5.74) is 2.37. The SMILES string of the molecule is C=C[Si](C)(C)c1cccnc1C(=O)OCC. The fraction of sp³-hybridized carbons (Fsp3) is 0.333. The first kappa shape index (κ1) is 12.6. The van der Waals surface area contributed by atoms with E-state index in [0.717, 1.165) is 5.19 Å². The summed E-state index contributed by atoms with van der Waals surface area (Å²) >= 11 is 0. The average molecular weight is 235 g/mol. The highest BCUT2D eigenvalue weighted by Gasteiger charge is 2.26. The van der Waals surface area contributed by atoms with Gasteiger partial charge in [0, 0.05) is 6.20 Å². The van der Waals surface area contributed by atoms with E-state index >= 15 is 0 Å². The molecule has 3 nitrogen and oxygen atoms in total. The maximum absolute atomic E-state index is 11.7. The molecule has 1 aromatic rings. The number of carbonyl (C=O) groups excluding carboxylic acids is 1. The zero-order chi connectivity index (χ0) is 12.2. The molecule has 0 saturated heterocycles. The van der Waals surface area contributed by atoms with Gasteiger partial charge >= 0.3 is 5.97 Å². The van der Waals surface area contributed by atoms with Crippen molar-refractivity contribution in [3.05, 3.63) is 36.3 Å². The molecule has 0 bridgehead atoms. The Hall–Kier alpha value is -1.42. The van der Waals surface area contributed by atoms with Gasteiger partial charge in [-0.25, -0.2) is 9.78 Å². The Bertz CT molecular complexity index is 402. The molecular formula is C12H17NO2Si. The lowest BCUT2D eigenvalue weighted by atomic mass is 10.3. The Morgan fingerprint density at radius 3 is 2.88 bits per heavy atom. The highest BCUT2D eigenvalue weighted by Crippen LogP contribution is 2.07. The lowest BCUT2D eigenvalue weighted by molar-refractivity contribution is 0.0521. The van der Waals surface area contributed by atoms with Crippen molar-refractivity contribution >= 4 is 19.2 Å². The molecule has 0 aliphatic heterocycles. The number of hydrogen-bond donors (Lipinski definition) is 0. The maximum atomic E-state index is 11.7. The second-order valence-electron chi connectivity index (χ2n) is 4.05. The molecule has 0 fully saturated rings. The van der Waals surface area contributed by atoms with Gasteiger partial charge in [0.2, 0.25) is 0 Å². The molecule has 1 aromatic heterocycles. The minimum atomic E-state index is -1.79. The summed E-state index contributed by atoms with van der Waals surface area (Å²) in [7, 11) is -1.79. The molecule has 0 atom stereocenters. The first-order chi connectivity index (χ1) is 7.53. The number of ether oxygens (including phenoxy) is 1. The smallest absolute Gasteiger partial charge is 0.356 e. The van der Waals surface area contributed by atoms with E-state index in [2.05, 4.69) is 24.7 Å². The Kier molecular flexibility index (Phi) is 4.01. The van der Waals surface area contributed by atoms with Crippen LogP contribution in [0.1, 0.15) is 17.4 Å². The minimum Gasteiger partial charge on any atom is -0.461 e. The van der Waals surface area contributed by atoms with Crippen LogP contribution in [-0.2, 0) is 4.74 Å². The van der Waals surface area contributed by atoms with Gasteiger partial charge in [0.1, 0.15) is 13.8 Å². The maximum Gasteiger partial charge on any atom is 0.356 e. The fourth-order valence-electron chi connectivity index (χ4n) is 1.40. The lowest BCUT2D eigenvalue weighted by Crippen LogP contribution is -2.43. The summed E-state index contributed by atoms with van der Waals surface area (Å²) in [6.07, 6.45) is 1.61. The van der Waals surface area contributed by atoms with Crippen LogP contribution in [0.15, 0.2) is 30.6 Å². The average Bonchev–Trinajstić information content (AvgIpc) is 2.29. The fourth-order valence-corrected chi connectivity index (χ4v) is 2.92. The zero-order valence-electron chi connectivity index (χ0n) is 9.99. The van der Waals surface area contributed by atoms with Crippen LogP contribution in [-0.4, -0.2) is 25.6 Å². The third-order valence-electron chi connectivity index (χ3n) is 2.48. The standard InChI is InChI=1S/C12H17NO2Si/c1-5-15-12(14)11-10(8-7-9-13-11)16(3,4)6-2/h6-9H,2,5H2,1,3-4H3. The molecule has 0 amide bonds. The molecule has 4 heteroatoms. The lowest BCUT2D eigenvalue weighted by Gasteiger charge is -2.19. The first-order valence-corrected chi connectivity index (χ1v) is 8.37. The van der Waals surface area contributed by atoms with Gasteiger partial charge in [-0.1, -0.05) is 24.9 Å². The predicted octanol–water partition coefficient (Wildman–Crippen LogP) is 1.90. The van der Waals surface area contributed by atoms with Gasteiger partial charge in [0.05, 0.1) is 6.61 Å². The highest BCUT2D eigenvalue weighted by molar-refractivity contribution is 6.94. The molecule has 0 saturated carbocycles. The molecule has 86 valence electrons. The monoisotopic (exact) mass is 235 g/mol. The van der Waals surface area contributed by atoms with Gasteiger partial charge in [-0.15, -0.1) is 6.58 Å². The van der Waals surface area contributed by atoms with E-state index in [0.29, 0.717) is 12.3 Å². The molecule has 0 spiro atoms. The molecular weight excluding hydrogens is 218 g/mol. The van der Waals surface area contributed by atoms with Crippen molar-refractivity contribution in [1.82, 2.24) is 4.98 Å².